The lowest BCUT2D eigenvalue weighted by atomic mass is 10.00. The Balaban J connectivity index is 1.43. The van der Waals surface area contributed by atoms with Crippen molar-refractivity contribution < 1.29 is 14.0 Å². The predicted octanol–water partition coefficient (Wildman–Crippen LogP) is 4.31. The number of hydrogen-bond donors (Lipinski definition) is 0. The van der Waals surface area contributed by atoms with E-state index in [4.69, 9.17) is 4.84 Å². The van der Waals surface area contributed by atoms with Crippen LogP contribution in [0.4, 0.5) is 4.39 Å². The molecule has 0 N–H and O–H groups in total. The highest BCUT2D eigenvalue weighted by Gasteiger charge is 2.28. The summed E-state index contributed by atoms with van der Waals surface area (Å²) in [6, 6.07) is 19.2. The fourth-order valence-electron chi connectivity index (χ4n) is 4.61. The van der Waals surface area contributed by atoms with Gasteiger partial charge < -0.3 is 9.74 Å². The quantitative estimate of drug-likeness (QED) is 0.446. The Morgan fingerprint density at radius 1 is 1.09 bits per heavy atom. The van der Waals surface area contributed by atoms with E-state index in [1.54, 1.807) is 12.3 Å². The molecule has 0 radical (unpaired) electrons. The molecular weight excluding hydrogens is 431 g/mol. The Kier molecular flexibility index (Phi) is 6.13. The van der Waals surface area contributed by atoms with Crippen LogP contribution in [-0.4, -0.2) is 52.2 Å². The Morgan fingerprint density at radius 2 is 1.91 bits per heavy atom. The van der Waals surface area contributed by atoms with Crippen LogP contribution in [0.5, 0.6) is 0 Å². The first-order valence-electron chi connectivity index (χ1n) is 11.4. The number of benzene rings is 2. The minimum absolute atomic E-state index is 0.111. The summed E-state index contributed by atoms with van der Waals surface area (Å²) in [5, 5.41) is 0.943. The minimum atomic E-state index is -0.377. The summed E-state index contributed by atoms with van der Waals surface area (Å²) >= 11 is 0. The molecule has 1 aliphatic rings. The van der Waals surface area contributed by atoms with Crippen LogP contribution in [0.1, 0.15) is 24.2 Å². The van der Waals surface area contributed by atoms with E-state index in [0.29, 0.717) is 12.1 Å². The Labute approximate surface area is 198 Å². The van der Waals surface area contributed by atoms with Gasteiger partial charge >= 0.3 is 5.97 Å². The third kappa shape index (κ3) is 4.58. The van der Waals surface area contributed by atoms with E-state index in [1.165, 1.54) is 11.7 Å². The second kappa shape index (κ2) is 9.37. The first-order valence-corrected chi connectivity index (χ1v) is 11.4. The van der Waals surface area contributed by atoms with E-state index >= 15 is 0 Å². The molecule has 34 heavy (non-hydrogen) atoms. The van der Waals surface area contributed by atoms with Crippen LogP contribution < -0.4 is 4.84 Å². The van der Waals surface area contributed by atoms with Crippen LogP contribution in [-0.2, 0) is 11.3 Å². The molecule has 174 valence electrons. The van der Waals surface area contributed by atoms with Crippen molar-refractivity contribution in [3.8, 4) is 11.1 Å². The highest BCUT2D eigenvalue weighted by molar-refractivity contribution is 5.86. The number of piperazine rings is 1. The molecule has 3 heterocycles. The first kappa shape index (κ1) is 22.3. The summed E-state index contributed by atoms with van der Waals surface area (Å²) in [7, 11) is 2.11. The number of carbonyl (C=O) groups excluding carboxylic acids is 1. The standard InChI is InChI=1S/C27H27FN4O2/c1-19(33)34-32-12-10-22-15-21(7-9-26(22)32)20-6-8-24(28)23(16-20)17-31-14-13-30(2)18-27(31)25-5-3-4-11-29-25/h3-12,15-16,27H,13-14,17-18H2,1-2H3. The molecule has 7 heteroatoms. The molecule has 1 atom stereocenters. The van der Waals surface area contributed by atoms with Gasteiger partial charge in [-0.15, -0.1) is 0 Å². The van der Waals surface area contributed by atoms with Crippen molar-refractivity contribution in [1.29, 1.82) is 0 Å². The van der Waals surface area contributed by atoms with Gasteiger partial charge in [0.15, 0.2) is 0 Å². The van der Waals surface area contributed by atoms with E-state index in [1.807, 2.05) is 60.8 Å². The van der Waals surface area contributed by atoms with Crippen molar-refractivity contribution in [3.05, 3.63) is 90.1 Å². The maximum atomic E-state index is 14.9. The largest absolute Gasteiger partial charge is 0.337 e. The lowest BCUT2D eigenvalue weighted by Crippen LogP contribution is -2.46. The third-order valence-corrected chi connectivity index (χ3v) is 6.36. The SMILES string of the molecule is CC(=O)On1ccc2cc(-c3ccc(F)c(CN4CCN(C)CC4c4ccccn4)c3)ccc21. The Hall–Kier alpha value is -3.55. The average Bonchev–Trinajstić information content (AvgIpc) is 3.23. The maximum absolute atomic E-state index is 14.9. The molecule has 1 aliphatic heterocycles. The molecule has 6 nitrogen and oxygen atoms in total. The molecule has 0 saturated carbocycles. The first-order chi connectivity index (χ1) is 16.5. The van der Waals surface area contributed by atoms with Crippen LogP contribution >= 0.6 is 0 Å². The van der Waals surface area contributed by atoms with Crippen LogP contribution in [0.15, 0.2) is 73.1 Å². The smallest absolute Gasteiger partial charge is 0.329 e. The van der Waals surface area contributed by atoms with Gasteiger partial charge in [0, 0.05) is 56.4 Å². The molecule has 5 rings (SSSR count). The van der Waals surface area contributed by atoms with E-state index in [-0.39, 0.29) is 17.8 Å². The van der Waals surface area contributed by atoms with E-state index in [9.17, 15) is 9.18 Å². The van der Waals surface area contributed by atoms with Gasteiger partial charge in [-0.2, -0.15) is 4.73 Å². The molecule has 0 amide bonds. The molecule has 2 aromatic carbocycles. The third-order valence-electron chi connectivity index (χ3n) is 6.36. The number of carbonyl (C=O) groups is 1. The van der Waals surface area contributed by atoms with Crippen LogP contribution in [0.2, 0.25) is 0 Å². The topological polar surface area (TPSA) is 50.6 Å². The van der Waals surface area contributed by atoms with Crippen molar-refractivity contribution >= 4 is 16.9 Å². The number of halogens is 1. The molecule has 0 bridgehead atoms. The lowest BCUT2D eigenvalue weighted by Gasteiger charge is -2.39. The van der Waals surface area contributed by atoms with Gasteiger partial charge in [-0.1, -0.05) is 18.2 Å². The van der Waals surface area contributed by atoms with Crippen molar-refractivity contribution in [3.63, 3.8) is 0 Å². The lowest BCUT2D eigenvalue weighted by molar-refractivity contribution is -0.140. The number of nitrogens with zero attached hydrogens (tertiary/aromatic N) is 4. The number of likely N-dealkylation sites (N-methyl/N-ethyl adjacent to an activating group) is 1. The van der Waals surface area contributed by atoms with Gasteiger partial charge in [0.2, 0.25) is 0 Å². The van der Waals surface area contributed by atoms with E-state index in [0.717, 1.165) is 47.4 Å². The second-order valence-electron chi connectivity index (χ2n) is 8.81. The molecule has 1 saturated heterocycles. The van der Waals surface area contributed by atoms with Gasteiger partial charge in [0.05, 0.1) is 17.3 Å². The van der Waals surface area contributed by atoms with Crippen molar-refractivity contribution in [2.24, 2.45) is 0 Å². The van der Waals surface area contributed by atoms with Gasteiger partial charge in [-0.05, 0) is 60.6 Å². The van der Waals surface area contributed by atoms with Crippen LogP contribution in [0, 0.1) is 5.82 Å². The molecule has 2 aromatic heterocycles. The number of pyridine rings is 1. The highest BCUT2D eigenvalue weighted by atomic mass is 19.1. The van der Waals surface area contributed by atoms with Crippen molar-refractivity contribution in [1.82, 2.24) is 19.5 Å². The fourth-order valence-corrected chi connectivity index (χ4v) is 4.61. The number of fused-ring (bicyclic) bond motifs is 1. The number of rotatable bonds is 5. The summed E-state index contributed by atoms with van der Waals surface area (Å²) in [4.78, 5) is 25.7. The summed E-state index contributed by atoms with van der Waals surface area (Å²) in [5.41, 5.74) is 4.40. The number of hydrogen-bond acceptors (Lipinski definition) is 5. The summed E-state index contributed by atoms with van der Waals surface area (Å²) in [6.07, 6.45) is 3.53. The van der Waals surface area contributed by atoms with E-state index in [2.05, 4.69) is 21.8 Å². The second-order valence-corrected chi connectivity index (χ2v) is 8.81. The minimum Gasteiger partial charge on any atom is -0.337 e. The molecule has 1 fully saturated rings. The Morgan fingerprint density at radius 3 is 2.71 bits per heavy atom. The summed E-state index contributed by atoms with van der Waals surface area (Å²) in [6.45, 7) is 4.52. The van der Waals surface area contributed by atoms with Gasteiger partial charge in [0.25, 0.3) is 0 Å². The zero-order valence-electron chi connectivity index (χ0n) is 19.3. The number of aromatic nitrogens is 2. The molecule has 0 spiro atoms. The average molecular weight is 459 g/mol. The zero-order chi connectivity index (χ0) is 23.7. The van der Waals surface area contributed by atoms with Gasteiger partial charge in [0.1, 0.15) is 5.82 Å². The highest BCUT2D eigenvalue weighted by Crippen LogP contribution is 2.30. The normalized spacial score (nSPS) is 17.2. The fraction of sp³-hybridized carbons (Fsp3) is 0.259. The zero-order valence-corrected chi connectivity index (χ0v) is 19.3. The van der Waals surface area contributed by atoms with E-state index < -0.39 is 0 Å². The molecular formula is C27H27FN4O2. The van der Waals surface area contributed by atoms with Crippen molar-refractivity contribution in [2.45, 2.75) is 19.5 Å². The summed E-state index contributed by atoms with van der Waals surface area (Å²) < 4.78 is 16.4. The Bertz CT molecular complexity index is 1320. The molecule has 4 aromatic rings. The van der Waals surface area contributed by atoms with Crippen LogP contribution in [0.3, 0.4) is 0 Å². The summed E-state index contributed by atoms with van der Waals surface area (Å²) in [5.74, 6) is -0.581. The molecule has 0 aliphatic carbocycles. The monoisotopic (exact) mass is 458 g/mol. The van der Waals surface area contributed by atoms with Crippen LogP contribution in [0.25, 0.3) is 22.0 Å². The molecule has 1 unspecified atom stereocenters. The van der Waals surface area contributed by atoms with Gasteiger partial charge in [-0.25, -0.2) is 9.18 Å². The van der Waals surface area contributed by atoms with Crippen molar-refractivity contribution in [2.75, 3.05) is 26.7 Å². The van der Waals surface area contributed by atoms with Gasteiger partial charge in [-0.3, -0.25) is 9.88 Å². The predicted molar refractivity (Wildman–Crippen MR) is 129 cm³/mol. The maximum Gasteiger partial charge on any atom is 0.329 e.